The minimum absolute atomic E-state index is 0.725. The molecule has 0 aliphatic rings. The van der Waals surface area contributed by atoms with Gasteiger partial charge >= 0.3 is 0 Å². The van der Waals surface area contributed by atoms with Crippen LogP contribution in [0.5, 0.6) is 0 Å². The molecule has 0 N–H and O–H groups in total. The van der Waals surface area contributed by atoms with Crippen LogP contribution in [0.25, 0.3) is 86.5 Å². The van der Waals surface area contributed by atoms with Gasteiger partial charge in [-0.2, -0.15) is 0 Å². The molecule has 3 heterocycles. The van der Waals surface area contributed by atoms with Crippen molar-refractivity contribution < 1.29 is 4.42 Å². The smallest absolute Gasteiger partial charge is 0.159 e. The lowest BCUT2D eigenvalue weighted by molar-refractivity contribution is 0.669. The highest BCUT2D eigenvalue weighted by Gasteiger charge is 2.20. The van der Waals surface area contributed by atoms with E-state index < -0.39 is 0 Å². The lowest BCUT2D eigenvalue weighted by Gasteiger charge is -2.25. The summed E-state index contributed by atoms with van der Waals surface area (Å²) in [7, 11) is 0. The highest BCUT2D eigenvalue weighted by Crippen LogP contribution is 2.46. The van der Waals surface area contributed by atoms with Crippen molar-refractivity contribution in [2.45, 2.75) is 0 Å². The van der Waals surface area contributed by atoms with Crippen LogP contribution in [0.2, 0.25) is 0 Å². The molecule has 5 heteroatoms. The molecule has 0 bridgehead atoms. The molecule has 11 aromatic rings. The Morgan fingerprint density at radius 2 is 1.07 bits per heavy atom. The number of rotatable bonds is 6. The maximum absolute atomic E-state index is 6.59. The first kappa shape index (κ1) is 31.4. The number of benzene rings is 8. The van der Waals surface area contributed by atoms with E-state index in [0.29, 0.717) is 0 Å². The van der Waals surface area contributed by atoms with Gasteiger partial charge in [-0.25, -0.2) is 9.97 Å². The fourth-order valence-electron chi connectivity index (χ4n) is 8.04. The van der Waals surface area contributed by atoms with E-state index >= 15 is 0 Å². The Bertz CT molecular complexity index is 3190. The molecular weight excluding hydrogens is 691 g/mol. The Balaban J connectivity index is 1.05. The standard InChI is InChI=1S/C50H31N3OS/c1-2-10-35(11-3-1)53(36-24-22-33(23-25-36)32-18-20-34(21-19-32)50-51-28-9-29-52-50)37-26-27-45-44(30-37)48-40(15-8-16-46(48)54-45)42-31-43-39-13-6-7-17-47(39)55-49(43)41-14-5-4-12-38(41)42/h1-31H. The predicted octanol–water partition coefficient (Wildman–Crippen LogP) is 14.4. The van der Waals surface area contributed by atoms with Gasteiger partial charge in [0, 0.05) is 71.4 Å². The molecule has 3 aromatic heterocycles. The molecular formula is C50H31N3OS. The number of nitrogens with zero attached hydrogens (tertiary/aromatic N) is 3. The number of anilines is 3. The van der Waals surface area contributed by atoms with Gasteiger partial charge in [-0.3, -0.25) is 0 Å². The van der Waals surface area contributed by atoms with Gasteiger partial charge < -0.3 is 9.32 Å². The van der Waals surface area contributed by atoms with E-state index in [1.165, 1.54) is 42.1 Å². The SMILES string of the molecule is c1ccc(N(c2ccc(-c3ccc(-c4ncccn4)cc3)cc2)c2ccc3oc4cccc(-c5cc6c7ccccc7sc6c6ccccc56)c4c3c2)cc1. The van der Waals surface area contributed by atoms with Crippen molar-refractivity contribution in [1.29, 1.82) is 0 Å². The quantitative estimate of drug-likeness (QED) is 0.171. The first-order valence-corrected chi connectivity index (χ1v) is 19.2. The van der Waals surface area contributed by atoms with Gasteiger partial charge in [-0.1, -0.05) is 109 Å². The molecule has 0 atom stereocenters. The van der Waals surface area contributed by atoms with Gasteiger partial charge in [0.1, 0.15) is 11.2 Å². The van der Waals surface area contributed by atoms with E-state index in [9.17, 15) is 0 Å². The highest BCUT2D eigenvalue weighted by molar-refractivity contribution is 7.26. The maximum Gasteiger partial charge on any atom is 0.159 e. The molecule has 11 rings (SSSR count). The highest BCUT2D eigenvalue weighted by atomic mass is 32.1. The predicted molar refractivity (Wildman–Crippen MR) is 231 cm³/mol. The van der Waals surface area contributed by atoms with Gasteiger partial charge in [-0.15, -0.1) is 11.3 Å². The molecule has 258 valence electrons. The van der Waals surface area contributed by atoms with E-state index in [2.05, 4.69) is 185 Å². The molecule has 0 spiro atoms. The average Bonchev–Trinajstić information content (AvgIpc) is 3.83. The first-order chi connectivity index (χ1) is 27.3. The molecule has 55 heavy (non-hydrogen) atoms. The zero-order chi connectivity index (χ0) is 36.3. The third-order valence-electron chi connectivity index (χ3n) is 10.6. The first-order valence-electron chi connectivity index (χ1n) is 18.4. The van der Waals surface area contributed by atoms with Crippen molar-refractivity contribution in [1.82, 2.24) is 9.97 Å². The molecule has 0 radical (unpaired) electrons. The Hall–Kier alpha value is -7.08. The molecule has 0 unspecified atom stereocenters. The summed E-state index contributed by atoms with van der Waals surface area (Å²) in [6, 6.07) is 62.6. The van der Waals surface area contributed by atoms with Gasteiger partial charge in [0.15, 0.2) is 5.82 Å². The van der Waals surface area contributed by atoms with E-state index in [0.717, 1.165) is 61.5 Å². The summed E-state index contributed by atoms with van der Waals surface area (Å²) in [5, 5.41) is 7.32. The zero-order valence-electron chi connectivity index (χ0n) is 29.6. The Labute approximate surface area is 321 Å². The van der Waals surface area contributed by atoms with Crippen LogP contribution >= 0.6 is 11.3 Å². The van der Waals surface area contributed by atoms with Crippen LogP contribution in [0.15, 0.2) is 193 Å². The largest absolute Gasteiger partial charge is 0.456 e. The topological polar surface area (TPSA) is 42.2 Å². The normalized spacial score (nSPS) is 11.6. The minimum atomic E-state index is 0.725. The Morgan fingerprint density at radius 3 is 1.87 bits per heavy atom. The average molecular weight is 722 g/mol. The number of para-hydroxylation sites is 1. The second-order valence-electron chi connectivity index (χ2n) is 13.8. The number of aromatic nitrogens is 2. The van der Waals surface area contributed by atoms with E-state index in [1.807, 2.05) is 17.4 Å². The van der Waals surface area contributed by atoms with Crippen molar-refractivity contribution in [2.24, 2.45) is 0 Å². The molecule has 0 fully saturated rings. The molecule has 4 nitrogen and oxygen atoms in total. The number of hydrogen-bond acceptors (Lipinski definition) is 5. The van der Waals surface area contributed by atoms with Gasteiger partial charge in [0.05, 0.1) is 0 Å². The van der Waals surface area contributed by atoms with Crippen LogP contribution in [-0.4, -0.2) is 9.97 Å². The number of hydrogen-bond donors (Lipinski definition) is 0. The number of thiophene rings is 1. The minimum Gasteiger partial charge on any atom is -0.456 e. The van der Waals surface area contributed by atoms with Crippen LogP contribution < -0.4 is 4.90 Å². The van der Waals surface area contributed by atoms with Crippen LogP contribution in [0.4, 0.5) is 17.1 Å². The summed E-state index contributed by atoms with van der Waals surface area (Å²) in [6.07, 6.45) is 3.54. The second-order valence-corrected chi connectivity index (χ2v) is 14.8. The lowest BCUT2D eigenvalue weighted by atomic mass is 9.92. The third-order valence-corrected chi connectivity index (χ3v) is 11.8. The monoisotopic (exact) mass is 721 g/mol. The summed E-state index contributed by atoms with van der Waals surface area (Å²) >= 11 is 1.87. The number of fused-ring (bicyclic) bond motifs is 8. The second kappa shape index (κ2) is 12.8. The summed E-state index contributed by atoms with van der Waals surface area (Å²) in [4.78, 5) is 11.1. The zero-order valence-corrected chi connectivity index (χ0v) is 30.4. The van der Waals surface area contributed by atoms with Crippen molar-refractivity contribution in [3.8, 4) is 33.6 Å². The molecule has 0 aliphatic carbocycles. The summed E-state index contributed by atoms with van der Waals surface area (Å²) in [6.45, 7) is 0. The van der Waals surface area contributed by atoms with Gasteiger partial charge in [0.2, 0.25) is 0 Å². The van der Waals surface area contributed by atoms with Crippen LogP contribution in [-0.2, 0) is 0 Å². The van der Waals surface area contributed by atoms with Crippen LogP contribution in [0, 0.1) is 0 Å². The summed E-state index contributed by atoms with van der Waals surface area (Å²) < 4.78 is 9.23. The lowest BCUT2D eigenvalue weighted by Crippen LogP contribution is -2.09. The Kier molecular flexibility index (Phi) is 7.32. The third kappa shape index (κ3) is 5.28. The fourth-order valence-corrected chi connectivity index (χ4v) is 9.26. The van der Waals surface area contributed by atoms with Gasteiger partial charge in [-0.05, 0) is 94.4 Å². The summed E-state index contributed by atoms with van der Waals surface area (Å²) in [5.41, 5.74) is 10.6. The van der Waals surface area contributed by atoms with E-state index in [-0.39, 0.29) is 0 Å². The molecule has 8 aromatic carbocycles. The van der Waals surface area contributed by atoms with Crippen molar-refractivity contribution in [3.63, 3.8) is 0 Å². The van der Waals surface area contributed by atoms with Crippen molar-refractivity contribution in [2.75, 3.05) is 4.90 Å². The molecule has 0 saturated heterocycles. The van der Waals surface area contributed by atoms with Crippen LogP contribution in [0.1, 0.15) is 0 Å². The number of furan rings is 1. The van der Waals surface area contributed by atoms with Crippen LogP contribution in [0.3, 0.4) is 0 Å². The maximum atomic E-state index is 6.59. The van der Waals surface area contributed by atoms with Crippen molar-refractivity contribution >= 4 is 81.3 Å². The molecule has 0 aliphatic heterocycles. The van der Waals surface area contributed by atoms with Crippen molar-refractivity contribution in [3.05, 3.63) is 188 Å². The summed E-state index contributed by atoms with van der Waals surface area (Å²) in [5.74, 6) is 0.725. The van der Waals surface area contributed by atoms with Gasteiger partial charge in [0.25, 0.3) is 0 Å². The van der Waals surface area contributed by atoms with E-state index in [1.54, 1.807) is 12.4 Å². The Morgan fingerprint density at radius 1 is 0.418 bits per heavy atom. The molecule has 0 saturated carbocycles. The fraction of sp³-hybridized carbons (Fsp3) is 0. The van der Waals surface area contributed by atoms with E-state index in [4.69, 9.17) is 4.42 Å². The molecule has 0 amide bonds.